The van der Waals surface area contributed by atoms with Crippen molar-refractivity contribution in [2.24, 2.45) is 0 Å². The van der Waals surface area contributed by atoms with Crippen LogP contribution in [0.1, 0.15) is 44.7 Å². The zero-order valence-electron chi connectivity index (χ0n) is 17.2. The van der Waals surface area contributed by atoms with Crippen LogP contribution in [0.15, 0.2) is 43.0 Å². The Balaban J connectivity index is 2.08. The molecular formula is C23H25N3O3. The minimum absolute atomic E-state index is 0.264. The number of allylic oxidation sites excluding steroid dienone is 1. The third kappa shape index (κ3) is 3.78. The molecule has 0 bridgehead atoms. The van der Waals surface area contributed by atoms with E-state index in [2.05, 4.69) is 16.9 Å². The number of fused-ring (bicyclic) bond motifs is 1. The van der Waals surface area contributed by atoms with Gasteiger partial charge in [0.25, 0.3) is 5.91 Å². The maximum Gasteiger partial charge on any atom is 0.355 e. The summed E-state index contributed by atoms with van der Waals surface area (Å²) in [6.45, 7) is 11.7. The van der Waals surface area contributed by atoms with Crippen molar-refractivity contribution in [1.29, 1.82) is 0 Å². The number of ether oxygens (including phenoxy) is 1. The first-order valence-electron chi connectivity index (χ1n) is 9.54. The lowest BCUT2D eigenvalue weighted by Gasteiger charge is -2.11. The zero-order valence-corrected chi connectivity index (χ0v) is 17.2. The minimum atomic E-state index is -0.445. The Kier molecular flexibility index (Phi) is 5.82. The average molecular weight is 391 g/mol. The van der Waals surface area contributed by atoms with Crippen LogP contribution in [0.2, 0.25) is 0 Å². The number of nitrogens with one attached hydrogen (secondary N) is 1. The predicted octanol–water partition coefficient (Wildman–Crippen LogP) is 4.58. The van der Waals surface area contributed by atoms with Gasteiger partial charge in [0.05, 0.1) is 23.4 Å². The summed E-state index contributed by atoms with van der Waals surface area (Å²) < 4.78 is 6.97. The van der Waals surface area contributed by atoms with Crippen LogP contribution in [0.5, 0.6) is 0 Å². The van der Waals surface area contributed by atoms with E-state index in [1.807, 2.05) is 44.2 Å². The van der Waals surface area contributed by atoms with Gasteiger partial charge in [0.15, 0.2) is 0 Å². The van der Waals surface area contributed by atoms with E-state index >= 15 is 0 Å². The van der Waals surface area contributed by atoms with E-state index in [1.165, 1.54) is 0 Å². The smallest absolute Gasteiger partial charge is 0.355 e. The third-order valence-corrected chi connectivity index (χ3v) is 4.87. The van der Waals surface area contributed by atoms with Crippen LogP contribution in [0.25, 0.3) is 10.9 Å². The van der Waals surface area contributed by atoms with Crippen molar-refractivity contribution in [2.75, 3.05) is 11.9 Å². The normalized spacial score (nSPS) is 10.8. The highest BCUT2D eigenvalue weighted by atomic mass is 16.5. The Labute approximate surface area is 170 Å². The molecule has 3 aromatic rings. The molecule has 0 spiro atoms. The second kappa shape index (κ2) is 8.31. The van der Waals surface area contributed by atoms with E-state index in [0.717, 1.165) is 16.6 Å². The van der Waals surface area contributed by atoms with Crippen LogP contribution in [-0.2, 0) is 11.3 Å². The van der Waals surface area contributed by atoms with Gasteiger partial charge in [-0.25, -0.2) is 4.79 Å². The molecular weight excluding hydrogens is 366 g/mol. The van der Waals surface area contributed by atoms with Crippen molar-refractivity contribution in [3.63, 3.8) is 0 Å². The van der Waals surface area contributed by atoms with Crippen molar-refractivity contribution in [2.45, 2.75) is 34.2 Å². The summed E-state index contributed by atoms with van der Waals surface area (Å²) in [7, 11) is 0. The van der Waals surface area contributed by atoms with E-state index in [-0.39, 0.29) is 12.5 Å². The summed E-state index contributed by atoms with van der Waals surface area (Å²) in [5, 5.41) is 3.87. The molecule has 6 nitrogen and oxygen atoms in total. The number of aromatic nitrogens is 2. The second-order valence-corrected chi connectivity index (χ2v) is 6.84. The summed E-state index contributed by atoms with van der Waals surface area (Å²) in [6.07, 6.45) is 1.69. The maximum atomic E-state index is 13.2. The van der Waals surface area contributed by atoms with Gasteiger partial charge in [-0.15, -0.1) is 6.58 Å². The van der Waals surface area contributed by atoms with E-state index < -0.39 is 5.97 Å². The highest BCUT2D eigenvalue weighted by Gasteiger charge is 2.27. The van der Waals surface area contributed by atoms with E-state index in [4.69, 9.17) is 4.74 Å². The summed E-state index contributed by atoms with van der Waals surface area (Å²) in [4.78, 5) is 30.3. The van der Waals surface area contributed by atoms with Gasteiger partial charge in [-0.1, -0.05) is 24.3 Å². The molecule has 0 unspecified atom stereocenters. The first-order chi connectivity index (χ1) is 13.9. The first-order valence-corrected chi connectivity index (χ1v) is 9.54. The highest BCUT2D eigenvalue weighted by Crippen LogP contribution is 2.27. The number of pyridine rings is 1. The second-order valence-electron chi connectivity index (χ2n) is 6.84. The quantitative estimate of drug-likeness (QED) is 0.493. The number of anilines is 1. The fourth-order valence-corrected chi connectivity index (χ4v) is 3.65. The molecule has 0 saturated heterocycles. The molecule has 2 aromatic heterocycles. The van der Waals surface area contributed by atoms with Crippen LogP contribution in [-0.4, -0.2) is 28.0 Å². The number of rotatable bonds is 6. The van der Waals surface area contributed by atoms with E-state index in [0.29, 0.717) is 34.7 Å². The van der Waals surface area contributed by atoms with Crippen molar-refractivity contribution >= 4 is 28.5 Å². The lowest BCUT2D eigenvalue weighted by Crippen LogP contribution is -2.15. The van der Waals surface area contributed by atoms with Gasteiger partial charge < -0.3 is 14.6 Å². The van der Waals surface area contributed by atoms with Crippen molar-refractivity contribution < 1.29 is 14.3 Å². The molecule has 0 fully saturated rings. The number of para-hydroxylation sites is 1. The molecule has 0 aliphatic rings. The molecule has 0 aliphatic carbocycles. The molecule has 0 radical (unpaired) electrons. The molecule has 0 aliphatic heterocycles. The average Bonchev–Trinajstić information content (AvgIpc) is 2.92. The van der Waals surface area contributed by atoms with Crippen LogP contribution < -0.4 is 5.32 Å². The SMILES string of the molecule is C=CCn1c(C)c(C(=O)Nc2cc(C)nc3ccccc23)c(C)c1C(=O)OCC. The Morgan fingerprint density at radius 2 is 1.97 bits per heavy atom. The van der Waals surface area contributed by atoms with Crippen LogP contribution >= 0.6 is 0 Å². The Morgan fingerprint density at radius 3 is 2.66 bits per heavy atom. The fourth-order valence-electron chi connectivity index (χ4n) is 3.65. The molecule has 1 N–H and O–H groups in total. The molecule has 1 amide bonds. The molecule has 3 rings (SSSR count). The lowest BCUT2D eigenvalue weighted by molar-refractivity contribution is 0.0513. The molecule has 29 heavy (non-hydrogen) atoms. The number of carbonyl (C=O) groups is 2. The highest BCUT2D eigenvalue weighted by molar-refractivity contribution is 6.11. The van der Waals surface area contributed by atoms with E-state index in [1.54, 1.807) is 24.5 Å². The van der Waals surface area contributed by atoms with Crippen LogP contribution in [0, 0.1) is 20.8 Å². The Hall–Kier alpha value is -3.41. The van der Waals surface area contributed by atoms with Crippen LogP contribution in [0.3, 0.4) is 0 Å². The fraction of sp³-hybridized carbons (Fsp3) is 0.261. The largest absolute Gasteiger partial charge is 0.461 e. The predicted molar refractivity (Wildman–Crippen MR) is 114 cm³/mol. The van der Waals surface area contributed by atoms with E-state index in [9.17, 15) is 9.59 Å². The number of nitrogens with zero attached hydrogens (tertiary/aromatic N) is 2. The number of benzene rings is 1. The van der Waals surface area contributed by atoms with Gasteiger partial charge >= 0.3 is 5.97 Å². The minimum Gasteiger partial charge on any atom is -0.461 e. The monoisotopic (exact) mass is 391 g/mol. The van der Waals surface area contributed by atoms with Gasteiger partial charge in [-0.05, 0) is 45.4 Å². The summed E-state index contributed by atoms with van der Waals surface area (Å²) >= 11 is 0. The summed E-state index contributed by atoms with van der Waals surface area (Å²) in [6, 6.07) is 9.50. The summed E-state index contributed by atoms with van der Waals surface area (Å²) in [5.41, 5.74) is 4.44. The van der Waals surface area contributed by atoms with Gasteiger partial charge in [-0.3, -0.25) is 9.78 Å². The standard InChI is InChI=1S/C23H25N3O3/c1-6-12-26-16(5)20(15(4)21(26)23(28)29-7-2)22(27)25-19-13-14(3)24-18-11-9-8-10-17(18)19/h6,8-11,13H,1,7,12H2,2-5H3,(H,24,25,27). The maximum absolute atomic E-state index is 13.2. The number of carbonyl (C=O) groups excluding carboxylic acids is 2. The van der Waals surface area contributed by atoms with Gasteiger partial charge in [0, 0.05) is 23.3 Å². The molecule has 150 valence electrons. The summed E-state index contributed by atoms with van der Waals surface area (Å²) in [5.74, 6) is -0.719. The number of hydrogen-bond acceptors (Lipinski definition) is 4. The van der Waals surface area contributed by atoms with Crippen LogP contribution in [0.4, 0.5) is 5.69 Å². The molecule has 1 aromatic carbocycles. The third-order valence-electron chi connectivity index (χ3n) is 4.87. The Morgan fingerprint density at radius 1 is 1.24 bits per heavy atom. The first kappa shape index (κ1) is 20.3. The zero-order chi connectivity index (χ0) is 21.1. The Bertz CT molecular complexity index is 1110. The number of hydrogen-bond donors (Lipinski definition) is 1. The van der Waals surface area contributed by atoms with Gasteiger partial charge in [-0.2, -0.15) is 0 Å². The van der Waals surface area contributed by atoms with Crippen molar-refractivity contribution in [3.05, 3.63) is 71.2 Å². The number of aryl methyl sites for hydroxylation is 1. The van der Waals surface area contributed by atoms with Crippen molar-refractivity contribution in [3.8, 4) is 0 Å². The molecule has 2 heterocycles. The van der Waals surface area contributed by atoms with Gasteiger partial charge in [0.2, 0.25) is 0 Å². The lowest BCUT2D eigenvalue weighted by atomic mass is 10.1. The number of amides is 1. The van der Waals surface area contributed by atoms with Crippen molar-refractivity contribution in [1.82, 2.24) is 9.55 Å². The molecule has 0 saturated carbocycles. The van der Waals surface area contributed by atoms with Gasteiger partial charge in [0.1, 0.15) is 5.69 Å². The number of esters is 1. The topological polar surface area (TPSA) is 73.2 Å². The molecule has 0 atom stereocenters. The molecule has 6 heteroatoms.